The van der Waals surface area contributed by atoms with Crippen LogP contribution in [0.1, 0.15) is 26.3 Å². The van der Waals surface area contributed by atoms with E-state index in [1.807, 2.05) is 49.1 Å². The first-order valence-corrected chi connectivity index (χ1v) is 7.69. The molecule has 0 aromatic heterocycles. The van der Waals surface area contributed by atoms with Gasteiger partial charge < -0.3 is 9.64 Å². The van der Waals surface area contributed by atoms with E-state index in [0.717, 1.165) is 5.56 Å². The van der Waals surface area contributed by atoms with Gasteiger partial charge in [-0.3, -0.25) is 9.69 Å². The summed E-state index contributed by atoms with van der Waals surface area (Å²) in [6, 6.07) is 9.47. The summed E-state index contributed by atoms with van der Waals surface area (Å²) in [7, 11) is 0. The Kier molecular flexibility index (Phi) is 7.52. The van der Waals surface area contributed by atoms with Gasteiger partial charge in [-0.15, -0.1) is 12.4 Å². The lowest BCUT2D eigenvalue weighted by atomic mass is 10.2. The van der Waals surface area contributed by atoms with E-state index in [-0.39, 0.29) is 24.3 Å². The molecule has 6 heteroatoms. The maximum Gasteiger partial charge on any atom is 0.328 e. The topological polar surface area (TPSA) is 49.9 Å². The Morgan fingerprint density at radius 3 is 2.48 bits per heavy atom. The molecule has 2 rings (SSSR count). The zero-order valence-electron chi connectivity index (χ0n) is 13.9. The highest BCUT2D eigenvalue weighted by Crippen LogP contribution is 2.15. The van der Waals surface area contributed by atoms with Gasteiger partial charge in [0.2, 0.25) is 5.91 Å². The SMILES string of the molecule is CC(C)COC(=O)C(C)N1CN(Cc2ccccc2)CC1=O.Cl. The molecule has 1 atom stereocenters. The highest BCUT2D eigenvalue weighted by Gasteiger charge is 2.34. The summed E-state index contributed by atoms with van der Waals surface area (Å²) in [5.41, 5.74) is 1.16. The minimum Gasteiger partial charge on any atom is -0.464 e. The van der Waals surface area contributed by atoms with E-state index in [2.05, 4.69) is 0 Å². The highest BCUT2D eigenvalue weighted by molar-refractivity contribution is 5.86. The molecule has 1 saturated heterocycles. The molecule has 0 bridgehead atoms. The number of carbonyl (C=O) groups excluding carboxylic acids is 2. The molecule has 0 aliphatic carbocycles. The van der Waals surface area contributed by atoms with Crippen LogP contribution in [0.3, 0.4) is 0 Å². The molecule has 1 amide bonds. The Labute approximate surface area is 144 Å². The van der Waals surface area contributed by atoms with Gasteiger partial charge >= 0.3 is 5.97 Å². The van der Waals surface area contributed by atoms with Gasteiger partial charge in [0.25, 0.3) is 0 Å². The molecule has 0 spiro atoms. The fraction of sp³-hybridized carbons (Fsp3) is 0.529. The minimum atomic E-state index is -0.535. The van der Waals surface area contributed by atoms with Crippen molar-refractivity contribution in [2.75, 3.05) is 19.8 Å². The van der Waals surface area contributed by atoms with E-state index in [9.17, 15) is 9.59 Å². The fourth-order valence-corrected chi connectivity index (χ4v) is 2.41. The van der Waals surface area contributed by atoms with Gasteiger partial charge in [0, 0.05) is 6.54 Å². The quantitative estimate of drug-likeness (QED) is 0.746. The third-order valence-electron chi connectivity index (χ3n) is 3.65. The van der Waals surface area contributed by atoms with Gasteiger partial charge in [-0.2, -0.15) is 0 Å². The Morgan fingerprint density at radius 1 is 1.22 bits per heavy atom. The highest BCUT2D eigenvalue weighted by atomic mass is 35.5. The van der Waals surface area contributed by atoms with Crippen molar-refractivity contribution in [3.63, 3.8) is 0 Å². The molecule has 1 heterocycles. The van der Waals surface area contributed by atoms with Crippen molar-refractivity contribution >= 4 is 24.3 Å². The van der Waals surface area contributed by atoms with Crippen LogP contribution in [0.25, 0.3) is 0 Å². The Bertz CT molecular complexity index is 522. The summed E-state index contributed by atoms with van der Waals surface area (Å²) in [6.45, 7) is 7.60. The number of ether oxygens (including phenoxy) is 1. The molecule has 128 valence electrons. The number of rotatable bonds is 6. The van der Waals surface area contributed by atoms with Gasteiger partial charge in [0.1, 0.15) is 6.04 Å². The summed E-state index contributed by atoms with van der Waals surface area (Å²) in [6.07, 6.45) is 0. The van der Waals surface area contributed by atoms with Crippen molar-refractivity contribution in [1.29, 1.82) is 0 Å². The van der Waals surface area contributed by atoms with Crippen molar-refractivity contribution in [2.45, 2.75) is 33.4 Å². The average Bonchev–Trinajstić information content (AvgIpc) is 2.85. The number of amides is 1. The van der Waals surface area contributed by atoms with Crippen LogP contribution in [0.4, 0.5) is 0 Å². The van der Waals surface area contributed by atoms with Gasteiger partial charge in [-0.1, -0.05) is 44.2 Å². The first kappa shape index (κ1) is 19.5. The van der Waals surface area contributed by atoms with E-state index < -0.39 is 6.04 Å². The van der Waals surface area contributed by atoms with Crippen LogP contribution in [-0.2, 0) is 20.9 Å². The van der Waals surface area contributed by atoms with Crippen LogP contribution in [0.15, 0.2) is 30.3 Å². The third kappa shape index (κ3) is 5.52. The van der Waals surface area contributed by atoms with Crippen LogP contribution in [0, 0.1) is 5.92 Å². The van der Waals surface area contributed by atoms with Crippen LogP contribution < -0.4 is 0 Å². The molecule has 1 aliphatic rings. The zero-order chi connectivity index (χ0) is 16.1. The number of carbonyl (C=O) groups is 2. The van der Waals surface area contributed by atoms with Gasteiger partial charge in [-0.05, 0) is 18.4 Å². The lowest BCUT2D eigenvalue weighted by Crippen LogP contribution is -2.42. The van der Waals surface area contributed by atoms with Crippen LogP contribution in [-0.4, -0.2) is 47.5 Å². The Balaban J connectivity index is 0.00000264. The van der Waals surface area contributed by atoms with Crippen molar-refractivity contribution in [1.82, 2.24) is 9.80 Å². The monoisotopic (exact) mass is 340 g/mol. The summed E-state index contributed by atoms with van der Waals surface area (Å²) in [5.74, 6) is -0.0615. The predicted octanol–water partition coefficient (Wildman–Crippen LogP) is 2.30. The summed E-state index contributed by atoms with van der Waals surface area (Å²) in [4.78, 5) is 27.8. The first-order valence-electron chi connectivity index (χ1n) is 7.69. The second-order valence-corrected chi connectivity index (χ2v) is 6.18. The third-order valence-corrected chi connectivity index (χ3v) is 3.65. The van der Waals surface area contributed by atoms with Gasteiger partial charge in [-0.25, -0.2) is 4.79 Å². The van der Waals surface area contributed by atoms with Crippen LogP contribution >= 0.6 is 12.4 Å². The molecule has 0 radical (unpaired) electrons. The molecular formula is C17H25ClN2O3. The minimum absolute atomic E-state index is 0. The molecule has 0 saturated carbocycles. The van der Waals surface area contributed by atoms with E-state index in [1.165, 1.54) is 0 Å². The van der Waals surface area contributed by atoms with Gasteiger partial charge in [0.15, 0.2) is 0 Å². The van der Waals surface area contributed by atoms with E-state index in [4.69, 9.17) is 4.74 Å². The predicted molar refractivity (Wildman–Crippen MR) is 91.1 cm³/mol. The number of nitrogens with zero attached hydrogens (tertiary/aromatic N) is 2. The molecule has 1 unspecified atom stereocenters. The Hall–Kier alpha value is -1.59. The summed E-state index contributed by atoms with van der Waals surface area (Å²) < 4.78 is 5.23. The molecule has 1 aromatic carbocycles. The van der Waals surface area contributed by atoms with E-state index in [1.54, 1.807) is 11.8 Å². The Morgan fingerprint density at radius 2 is 1.87 bits per heavy atom. The molecule has 1 fully saturated rings. The molecule has 0 N–H and O–H groups in total. The summed E-state index contributed by atoms with van der Waals surface area (Å²) in [5, 5.41) is 0. The van der Waals surface area contributed by atoms with Crippen molar-refractivity contribution in [3.05, 3.63) is 35.9 Å². The maximum atomic E-state index is 12.1. The number of hydrogen-bond acceptors (Lipinski definition) is 4. The second kappa shape index (κ2) is 8.89. The smallest absolute Gasteiger partial charge is 0.328 e. The standard InChI is InChI=1S/C17H24N2O3.ClH/c1-13(2)11-22-17(21)14(3)19-12-18(10-16(19)20)9-15-7-5-4-6-8-15;/h4-8,13-14H,9-12H2,1-3H3;1H. The normalized spacial score (nSPS) is 16.3. The van der Waals surface area contributed by atoms with Crippen LogP contribution in [0.2, 0.25) is 0 Å². The van der Waals surface area contributed by atoms with E-state index in [0.29, 0.717) is 32.3 Å². The number of benzene rings is 1. The summed E-state index contributed by atoms with van der Waals surface area (Å²) >= 11 is 0. The molecule has 5 nitrogen and oxygen atoms in total. The van der Waals surface area contributed by atoms with Crippen LogP contribution in [0.5, 0.6) is 0 Å². The first-order chi connectivity index (χ1) is 10.5. The maximum absolute atomic E-state index is 12.1. The second-order valence-electron chi connectivity index (χ2n) is 6.18. The van der Waals surface area contributed by atoms with E-state index >= 15 is 0 Å². The zero-order valence-corrected chi connectivity index (χ0v) is 14.7. The molecule has 1 aromatic rings. The van der Waals surface area contributed by atoms with Gasteiger partial charge in [0.05, 0.1) is 19.8 Å². The molecule has 23 heavy (non-hydrogen) atoms. The van der Waals surface area contributed by atoms with Crippen molar-refractivity contribution in [2.24, 2.45) is 5.92 Å². The number of esters is 1. The van der Waals surface area contributed by atoms with Crippen molar-refractivity contribution in [3.8, 4) is 0 Å². The lowest BCUT2D eigenvalue weighted by Gasteiger charge is -2.23. The number of halogens is 1. The number of hydrogen-bond donors (Lipinski definition) is 0. The molecule has 1 aliphatic heterocycles. The largest absolute Gasteiger partial charge is 0.464 e. The lowest BCUT2D eigenvalue weighted by molar-refractivity contribution is -0.153. The fourth-order valence-electron chi connectivity index (χ4n) is 2.41. The molecular weight excluding hydrogens is 316 g/mol. The average molecular weight is 341 g/mol. The van der Waals surface area contributed by atoms with Crippen molar-refractivity contribution < 1.29 is 14.3 Å².